The van der Waals surface area contributed by atoms with Gasteiger partial charge in [0.2, 0.25) is 5.79 Å². The molecule has 0 aliphatic heterocycles. The predicted molar refractivity (Wildman–Crippen MR) is 33.5 cm³/mol. The molecule has 0 aromatic heterocycles. The van der Waals surface area contributed by atoms with Crippen LogP contribution in [-0.2, 0) is 9.84 Å². The van der Waals surface area contributed by atoms with E-state index in [0.717, 1.165) is 12.8 Å². The number of ether oxygens (including phenoxy) is 1. The molecule has 1 fully saturated rings. The minimum absolute atomic E-state index is 0.559. The third-order valence-corrected chi connectivity index (χ3v) is 1.77. The summed E-state index contributed by atoms with van der Waals surface area (Å²) < 4.78 is 5.03. The topological polar surface area (TPSA) is 29.1 Å². The molecule has 0 saturated heterocycles. The van der Waals surface area contributed by atoms with E-state index in [1.807, 2.05) is 6.92 Å². The molecule has 0 amide bonds. The minimum atomic E-state index is -1.01. The van der Waals surface area contributed by atoms with Gasteiger partial charge in [0, 0.05) is 19.4 Å². The normalized spacial score (nSPS) is 24.7. The lowest BCUT2D eigenvalue weighted by Crippen LogP contribution is -2.26. The molecule has 1 rings (SSSR count). The zero-order valence-electron chi connectivity index (χ0n) is 5.85. The molecule has 1 aliphatic rings. The van der Waals surface area contributed by atoms with Crippen LogP contribution in [0.1, 0.15) is 32.6 Å². The zero-order chi connectivity index (χ0) is 6.74. The van der Waals surface area contributed by atoms with Crippen LogP contribution >= 0.6 is 0 Å². The van der Waals surface area contributed by atoms with Gasteiger partial charge < -0.3 is 4.74 Å². The summed E-state index contributed by atoms with van der Waals surface area (Å²) in [4.78, 5) is 0. The maximum Gasteiger partial charge on any atom is 0.201 e. The second-order valence-corrected chi connectivity index (χ2v) is 2.55. The summed E-state index contributed by atoms with van der Waals surface area (Å²) in [5.74, 6) is -1.01. The van der Waals surface area contributed by atoms with Crippen LogP contribution < -0.4 is 0 Å². The fraction of sp³-hybridized carbons (Fsp3) is 1.00. The Balaban J connectivity index is 2.32. The Morgan fingerprint density at radius 1 is 1.44 bits per heavy atom. The van der Waals surface area contributed by atoms with Crippen LogP contribution in [0.15, 0.2) is 0 Å². The highest BCUT2D eigenvalue weighted by Crippen LogP contribution is 2.30. The van der Waals surface area contributed by atoms with E-state index in [1.165, 1.54) is 0 Å². The fourth-order valence-electron chi connectivity index (χ4n) is 1.32. The molecule has 1 saturated carbocycles. The molecule has 9 heavy (non-hydrogen) atoms. The van der Waals surface area contributed by atoms with Crippen molar-refractivity contribution in [2.24, 2.45) is 0 Å². The molecule has 0 bridgehead atoms. The molecule has 53 valence electrons. The van der Waals surface area contributed by atoms with E-state index in [9.17, 15) is 5.11 Å². The number of hydrogen-bond donors (Lipinski definition) is 0. The van der Waals surface area contributed by atoms with Crippen molar-refractivity contribution in [1.82, 2.24) is 0 Å². The van der Waals surface area contributed by atoms with Crippen LogP contribution in [0.5, 0.6) is 0 Å². The maximum absolute atomic E-state index is 11.3. The van der Waals surface area contributed by atoms with Gasteiger partial charge in [-0.05, 0) is 19.8 Å². The highest BCUT2D eigenvalue weighted by atomic mass is 16.6. The summed E-state index contributed by atoms with van der Waals surface area (Å²) in [5, 5.41) is 11.3. The van der Waals surface area contributed by atoms with Gasteiger partial charge in [-0.15, -0.1) is 0 Å². The third kappa shape index (κ3) is 1.66. The smallest absolute Gasteiger partial charge is 0.201 e. The Bertz CT molecular complexity index is 84.9. The van der Waals surface area contributed by atoms with E-state index in [-0.39, 0.29) is 0 Å². The number of hydrogen-bond acceptors (Lipinski definition) is 1. The van der Waals surface area contributed by atoms with E-state index in [1.54, 1.807) is 0 Å². The van der Waals surface area contributed by atoms with Crippen LogP contribution in [-0.4, -0.2) is 12.4 Å². The van der Waals surface area contributed by atoms with Crippen LogP contribution in [0, 0.1) is 0 Å². The molecular formula is C7H13O2. The summed E-state index contributed by atoms with van der Waals surface area (Å²) in [6, 6.07) is 0. The van der Waals surface area contributed by atoms with Crippen LogP contribution in [0.3, 0.4) is 0 Å². The molecule has 1 radical (unpaired) electrons. The molecule has 0 aromatic carbocycles. The first-order valence-electron chi connectivity index (χ1n) is 3.61. The third-order valence-electron chi connectivity index (χ3n) is 1.77. The second kappa shape index (κ2) is 2.67. The SMILES string of the molecule is CCOC1([O])CCCC1. The van der Waals surface area contributed by atoms with E-state index in [4.69, 9.17) is 4.74 Å². The summed E-state index contributed by atoms with van der Waals surface area (Å²) in [5.41, 5.74) is 0. The van der Waals surface area contributed by atoms with Crippen molar-refractivity contribution in [1.29, 1.82) is 0 Å². The maximum atomic E-state index is 11.3. The first kappa shape index (κ1) is 7.03. The van der Waals surface area contributed by atoms with Gasteiger partial charge in [0.15, 0.2) is 0 Å². The van der Waals surface area contributed by atoms with Crippen molar-refractivity contribution in [2.45, 2.75) is 38.4 Å². The van der Waals surface area contributed by atoms with Gasteiger partial charge in [0.25, 0.3) is 0 Å². The van der Waals surface area contributed by atoms with Crippen molar-refractivity contribution in [2.75, 3.05) is 6.61 Å². The first-order valence-corrected chi connectivity index (χ1v) is 3.61. The van der Waals surface area contributed by atoms with Crippen molar-refractivity contribution >= 4 is 0 Å². The van der Waals surface area contributed by atoms with E-state index in [2.05, 4.69) is 0 Å². The van der Waals surface area contributed by atoms with Crippen molar-refractivity contribution < 1.29 is 9.84 Å². The van der Waals surface area contributed by atoms with Gasteiger partial charge in [-0.2, -0.15) is 5.11 Å². The van der Waals surface area contributed by atoms with Gasteiger partial charge in [-0.1, -0.05) is 0 Å². The zero-order valence-corrected chi connectivity index (χ0v) is 5.85. The quantitative estimate of drug-likeness (QED) is 0.522. The molecular weight excluding hydrogens is 116 g/mol. The van der Waals surface area contributed by atoms with Gasteiger partial charge in [-0.3, -0.25) is 0 Å². The summed E-state index contributed by atoms with van der Waals surface area (Å²) >= 11 is 0. The van der Waals surface area contributed by atoms with Gasteiger partial charge in [0.05, 0.1) is 0 Å². The molecule has 0 heterocycles. The summed E-state index contributed by atoms with van der Waals surface area (Å²) in [6.45, 7) is 2.43. The van der Waals surface area contributed by atoms with Gasteiger partial charge >= 0.3 is 0 Å². The van der Waals surface area contributed by atoms with Gasteiger partial charge in [0.1, 0.15) is 0 Å². The lowest BCUT2D eigenvalue weighted by molar-refractivity contribution is -0.232. The molecule has 1 aliphatic carbocycles. The Morgan fingerprint density at radius 3 is 2.44 bits per heavy atom. The summed E-state index contributed by atoms with van der Waals surface area (Å²) in [7, 11) is 0. The van der Waals surface area contributed by atoms with Crippen molar-refractivity contribution in [3.05, 3.63) is 0 Å². The Morgan fingerprint density at radius 2 is 2.00 bits per heavy atom. The summed E-state index contributed by atoms with van der Waals surface area (Å²) in [6.07, 6.45) is 3.51. The Labute approximate surface area is 55.8 Å². The van der Waals surface area contributed by atoms with Crippen LogP contribution in [0.2, 0.25) is 0 Å². The average Bonchev–Trinajstić information content (AvgIpc) is 2.16. The fourth-order valence-corrected chi connectivity index (χ4v) is 1.32. The predicted octanol–water partition coefficient (Wildman–Crippen LogP) is 1.72. The molecule has 2 nitrogen and oxygen atoms in total. The first-order chi connectivity index (χ1) is 4.27. The molecule has 2 heteroatoms. The second-order valence-electron chi connectivity index (χ2n) is 2.55. The lowest BCUT2D eigenvalue weighted by Gasteiger charge is -2.17. The van der Waals surface area contributed by atoms with Crippen molar-refractivity contribution in [3.8, 4) is 0 Å². The van der Waals surface area contributed by atoms with Crippen molar-refractivity contribution in [3.63, 3.8) is 0 Å². The van der Waals surface area contributed by atoms with E-state index < -0.39 is 5.79 Å². The van der Waals surface area contributed by atoms with E-state index in [0.29, 0.717) is 19.4 Å². The van der Waals surface area contributed by atoms with E-state index >= 15 is 0 Å². The van der Waals surface area contributed by atoms with Crippen LogP contribution in [0.4, 0.5) is 0 Å². The minimum Gasteiger partial charge on any atom is -0.348 e. The molecule has 0 N–H and O–H groups in total. The van der Waals surface area contributed by atoms with Gasteiger partial charge in [-0.25, -0.2) is 0 Å². The van der Waals surface area contributed by atoms with Crippen LogP contribution in [0.25, 0.3) is 0 Å². The average molecular weight is 129 g/mol. The molecule has 0 unspecified atom stereocenters. The lowest BCUT2D eigenvalue weighted by atomic mass is 10.2. The molecule has 0 spiro atoms. The molecule has 0 atom stereocenters. The molecule has 0 aromatic rings. The Kier molecular flexibility index (Phi) is 2.09. The monoisotopic (exact) mass is 129 g/mol. The standard InChI is InChI=1S/C7H13O2/c1-2-9-7(8)5-3-4-6-7/h2-6H2,1H3. The highest BCUT2D eigenvalue weighted by Gasteiger charge is 2.33. The number of rotatable bonds is 2. The Hall–Kier alpha value is -0.0800. The highest BCUT2D eigenvalue weighted by molar-refractivity contribution is 4.73. The largest absolute Gasteiger partial charge is 0.348 e.